The van der Waals surface area contributed by atoms with Crippen LogP contribution in [0.15, 0.2) is 40.9 Å². The van der Waals surface area contributed by atoms with Crippen LogP contribution in [-0.4, -0.2) is 34.4 Å². The molecule has 8 nitrogen and oxygen atoms in total. The van der Waals surface area contributed by atoms with E-state index in [1.54, 1.807) is 13.0 Å². The first-order valence-corrected chi connectivity index (χ1v) is 8.89. The third kappa shape index (κ3) is 3.69. The van der Waals surface area contributed by atoms with Gasteiger partial charge in [0.05, 0.1) is 0 Å². The summed E-state index contributed by atoms with van der Waals surface area (Å²) < 4.78 is 4.89. The Morgan fingerprint density at radius 3 is 2.67 bits per heavy atom. The van der Waals surface area contributed by atoms with Gasteiger partial charge in [0.1, 0.15) is 17.8 Å². The molecule has 4 amide bonds. The summed E-state index contributed by atoms with van der Waals surface area (Å²) in [6.45, 7) is 3.32. The molecule has 1 aromatic heterocycles. The molecule has 1 aromatic carbocycles. The van der Waals surface area contributed by atoms with Crippen LogP contribution >= 0.6 is 0 Å². The van der Waals surface area contributed by atoms with Crippen molar-refractivity contribution in [1.29, 1.82) is 0 Å². The van der Waals surface area contributed by atoms with Crippen LogP contribution in [0.2, 0.25) is 0 Å². The fourth-order valence-corrected chi connectivity index (χ4v) is 3.20. The number of carbonyl (C=O) groups excluding carboxylic acids is 3. The van der Waals surface area contributed by atoms with E-state index in [4.69, 9.17) is 4.52 Å². The number of hydrogen-bond donors (Lipinski definition) is 2. The van der Waals surface area contributed by atoms with Crippen molar-refractivity contribution in [3.05, 3.63) is 47.7 Å². The van der Waals surface area contributed by atoms with E-state index in [0.717, 1.165) is 17.7 Å². The number of nitrogens with zero attached hydrogens (tertiary/aromatic N) is 2. The second-order valence-electron chi connectivity index (χ2n) is 6.57. The van der Waals surface area contributed by atoms with Crippen LogP contribution in [0, 0.1) is 6.92 Å². The fourth-order valence-electron chi connectivity index (χ4n) is 3.20. The van der Waals surface area contributed by atoms with E-state index in [-0.39, 0.29) is 5.82 Å². The summed E-state index contributed by atoms with van der Waals surface area (Å²) in [6, 6.07) is 10.1. The molecular weight excluding hydrogens is 348 g/mol. The molecule has 0 bridgehead atoms. The van der Waals surface area contributed by atoms with Crippen molar-refractivity contribution in [3.63, 3.8) is 0 Å². The van der Waals surface area contributed by atoms with Crippen LogP contribution in [0.5, 0.6) is 0 Å². The first-order valence-electron chi connectivity index (χ1n) is 8.89. The third-order valence-electron chi connectivity index (χ3n) is 4.54. The quantitative estimate of drug-likeness (QED) is 0.729. The fraction of sp³-hybridized carbons (Fsp3) is 0.368. The second kappa shape index (κ2) is 7.61. The first-order chi connectivity index (χ1) is 13.0. The second-order valence-corrected chi connectivity index (χ2v) is 6.57. The zero-order chi connectivity index (χ0) is 19.4. The predicted molar refractivity (Wildman–Crippen MR) is 97.8 cm³/mol. The Morgan fingerprint density at radius 1 is 1.30 bits per heavy atom. The van der Waals surface area contributed by atoms with Crippen molar-refractivity contribution < 1.29 is 18.9 Å². The summed E-state index contributed by atoms with van der Waals surface area (Å²) in [5.41, 5.74) is -0.425. The van der Waals surface area contributed by atoms with E-state index in [0.29, 0.717) is 17.7 Å². The molecule has 1 fully saturated rings. The molecule has 2 N–H and O–H groups in total. The minimum absolute atomic E-state index is 0.241. The number of benzene rings is 1. The van der Waals surface area contributed by atoms with Crippen LogP contribution in [0.25, 0.3) is 0 Å². The van der Waals surface area contributed by atoms with E-state index >= 15 is 0 Å². The number of imide groups is 1. The van der Waals surface area contributed by atoms with Gasteiger partial charge in [-0.15, -0.1) is 0 Å². The van der Waals surface area contributed by atoms with Crippen molar-refractivity contribution in [2.24, 2.45) is 0 Å². The van der Waals surface area contributed by atoms with Gasteiger partial charge < -0.3 is 15.2 Å². The predicted octanol–water partition coefficient (Wildman–Crippen LogP) is 2.56. The molecule has 8 heteroatoms. The highest BCUT2D eigenvalue weighted by molar-refractivity contribution is 6.10. The van der Waals surface area contributed by atoms with Gasteiger partial charge in [-0.3, -0.25) is 14.5 Å². The Hall–Kier alpha value is -3.16. The number of hydrogen-bond acceptors (Lipinski definition) is 5. The van der Waals surface area contributed by atoms with Gasteiger partial charge >= 0.3 is 6.03 Å². The van der Waals surface area contributed by atoms with Gasteiger partial charge in [-0.2, -0.15) is 0 Å². The van der Waals surface area contributed by atoms with E-state index in [2.05, 4.69) is 15.8 Å². The number of anilines is 1. The van der Waals surface area contributed by atoms with Gasteiger partial charge in [0.25, 0.3) is 5.91 Å². The van der Waals surface area contributed by atoms with E-state index in [9.17, 15) is 14.4 Å². The Morgan fingerprint density at radius 2 is 2.04 bits per heavy atom. The van der Waals surface area contributed by atoms with Crippen LogP contribution < -0.4 is 10.6 Å². The van der Waals surface area contributed by atoms with Crippen molar-refractivity contribution in [2.75, 3.05) is 11.9 Å². The summed E-state index contributed by atoms with van der Waals surface area (Å²) >= 11 is 0. The zero-order valence-corrected chi connectivity index (χ0v) is 15.3. The van der Waals surface area contributed by atoms with E-state index in [1.165, 1.54) is 0 Å². The average molecular weight is 370 g/mol. The smallest absolute Gasteiger partial charge is 0.325 e. The highest BCUT2D eigenvalue weighted by Gasteiger charge is 2.52. The van der Waals surface area contributed by atoms with Crippen molar-refractivity contribution in [2.45, 2.75) is 38.6 Å². The van der Waals surface area contributed by atoms with Crippen LogP contribution in [0.3, 0.4) is 0 Å². The SMILES string of the molecule is CCCCC1(c2ccccc2)NC(=O)N(CC(=O)Nc2cc(C)on2)C1=O. The third-order valence-corrected chi connectivity index (χ3v) is 4.54. The molecular formula is C19H22N4O4. The number of amides is 4. The molecule has 1 saturated heterocycles. The molecule has 142 valence electrons. The number of urea groups is 1. The van der Waals surface area contributed by atoms with Crippen molar-refractivity contribution in [3.8, 4) is 0 Å². The molecule has 0 aliphatic carbocycles. The van der Waals surface area contributed by atoms with Gasteiger partial charge in [0.15, 0.2) is 5.82 Å². The van der Waals surface area contributed by atoms with Crippen LogP contribution in [-0.2, 0) is 15.1 Å². The number of aromatic nitrogens is 1. The molecule has 2 aromatic rings. The van der Waals surface area contributed by atoms with Gasteiger partial charge in [-0.05, 0) is 18.9 Å². The number of carbonyl (C=O) groups is 3. The monoisotopic (exact) mass is 370 g/mol. The summed E-state index contributed by atoms with van der Waals surface area (Å²) in [4.78, 5) is 38.9. The van der Waals surface area contributed by atoms with Gasteiger partial charge in [0, 0.05) is 6.07 Å². The number of rotatable bonds is 7. The lowest BCUT2D eigenvalue weighted by Crippen LogP contribution is -2.44. The van der Waals surface area contributed by atoms with Crippen molar-refractivity contribution in [1.82, 2.24) is 15.4 Å². The Labute approximate surface area is 156 Å². The normalized spacial score (nSPS) is 19.3. The molecule has 1 unspecified atom stereocenters. The largest absolute Gasteiger partial charge is 0.360 e. The maximum atomic E-state index is 13.2. The Balaban J connectivity index is 1.80. The molecule has 0 spiro atoms. The maximum Gasteiger partial charge on any atom is 0.325 e. The summed E-state index contributed by atoms with van der Waals surface area (Å²) in [5.74, 6) is -0.155. The molecule has 3 rings (SSSR count). The zero-order valence-electron chi connectivity index (χ0n) is 15.3. The molecule has 0 radical (unpaired) electrons. The summed E-state index contributed by atoms with van der Waals surface area (Å²) in [6.07, 6.45) is 2.11. The topological polar surface area (TPSA) is 105 Å². The highest BCUT2D eigenvalue weighted by Crippen LogP contribution is 2.34. The van der Waals surface area contributed by atoms with Crippen LogP contribution in [0.1, 0.15) is 37.5 Å². The number of unbranched alkanes of at least 4 members (excludes halogenated alkanes) is 1. The molecule has 0 saturated carbocycles. The van der Waals surface area contributed by atoms with E-state index < -0.39 is 29.9 Å². The maximum absolute atomic E-state index is 13.2. The van der Waals surface area contributed by atoms with Crippen LogP contribution in [0.4, 0.5) is 10.6 Å². The summed E-state index contributed by atoms with van der Waals surface area (Å²) in [5, 5.41) is 9.01. The Bertz CT molecular complexity index is 848. The minimum Gasteiger partial charge on any atom is -0.360 e. The number of nitrogens with one attached hydrogen (secondary N) is 2. The lowest BCUT2D eigenvalue weighted by atomic mass is 9.85. The summed E-state index contributed by atoms with van der Waals surface area (Å²) in [7, 11) is 0. The highest BCUT2D eigenvalue weighted by atomic mass is 16.5. The van der Waals surface area contributed by atoms with E-state index in [1.807, 2.05) is 37.3 Å². The molecule has 1 aliphatic heterocycles. The standard InChI is InChI=1S/C19H22N4O4/c1-3-4-10-19(14-8-6-5-7-9-14)17(25)23(18(26)21-19)12-16(24)20-15-11-13(2)27-22-15/h5-9,11H,3-4,10,12H2,1-2H3,(H,21,26)(H,20,22,24). The van der Waals surface area contributed by atoms with Gasteiger partial charge in [-0.1, -0.05) is 55.3 Å². The lowest BCUT2D eigenvalue weighted by molar-refractivity contribution is -0.134. The first kappa shape index (κ1) is 18.6. The van der Waals surface area contributed by atoms with Crippen molar-refractivity contribution >= 4 is 23.7 Å². The average Bonchev–Trinajstić information content (AvgIpc) is 3.17. The molecule has 1 atom stereocenters. The molecule has 1 aliphatic rings. The molecule has 2 heterocycles. The van der Waals surface area contributed by atoms with Gasteiger partial charge in [-0.25, -0.2) is 4.79 Å². The minimum atomic E-state index is -1.14. The Kier molecular flexibility index (Phi) is 5.25. The lowest BCUT2D eigenvalue weighted by Gasteiger charge is -2.27. The van der Waals surface area contributed by atoms with Gasteiger partial charge in [0.2, 0.25) is 5.91 Å². The number of aryl methyl sites for hydroxylation is 1. The molecule has 27 heavy (non-hydrogen) atoms.